The number of hydrogen-bond acceptors (Lipinski definition) is 5. The lowest BCUT2D eigenvalue weighted by Crippen LogP contribution is -2.36. The Morgan fingerprint density at radius 3 is 1.43 bits per heavy atom. The average molecular weight is 338 g/mol. The smallest absolute Gasteiger partial charge is 0.304 e. The van der Waals surface area contributed by atoms with Crippen LogP contribution in [0.15, 0.2) is 0 Å². The van der Waals surface area contributed by atoms with Gasteiger partial charge in [0.15, 0.2) is 0 Å². The molecule has 0 fully saturated rings. The lowest BCUT2D eigenvalue weighted by atomic mass is 9.83. The highest BCUT2D eigenvalue weighted by atomic mass is 32.1. The van der Waals surface area contributed by atoms with E-state index >= 15 is 0 Å². The van der Waals surface area contributed by atoms with Crippen LogP contribution in [-0.4, -0.2) is 46.9 Å². The monoisotopic (exact) mass is 338 g/mol. The number of thiol groups is 2. The number of carbonyl (C=O) groups is 2. The molecule has 7 heteroatoms. The summed E-state index contributed by atoms with van der Waals surface area (Å²) in [5.41, 5.74) is -1.04. The Kier molecular flexibility index (Phi) is 9.40. The zero-order valence-corrected chi connectivity index (χ0v) is 14.5. The molecule has 0 aromatic heterocycles. The van der Waals surface area contributed by atoms with Crippen LogP contribution in [0.1, 0.15) is 39.5 Å². The molecule has 0 rings (SSSR count). The molecule has 0 aromatic carbocycles. The third kappa shape index (κ3) is 6.93. The highest BCUT2D eigenvalue weighted by Gasteiger charge is 2.34. The second-order valence-electron chi connectivity index (χ2n) is 5.66. The normalized spacial score (nSPS) is 17.0. The van der Waals surface area contributed by atoms with E-state index in [1.807, 2.05) is 13.8 Å². The first-order valence-electron chi connectivity index (χ1n) is 7.02. The largest absolute Gasteiger partial charge is 0.481 e. The number of hydrogen-bond donors (Lipinski definition) is 4. The number of carboxylic acids is 2. The van der Waals surface area contributed by atoms with Crippen LogP contribution < -0.4 is 0 Å². The molecule has 124 valence electrons. The van der Waals surface area contributed by atoms with E-state index in [1.54, 1.807) is 0 Å². The van der Waals surface area contributed by atoms with Gasteiger partial charge in [0.05, 0.1) is 26.1 Å². The summed E-state index contributed by atoms with van der Waals surface area (Å²) in [6.07, 6.45) is 1.27. The Morgan fingerprint density at radius 1 is 0.905 bits per heavy atom. The number of ether oxygens (including phenoxy) is 1. The Balaban J connectivity index is 4.72. The topological polar surface area (TPSA) is 83.8 Å². The summed E-state index contributed by atoms with van der Waals surface area (Å²) in [6.45, 7) is 4.33. The van der Waals surface area contributed by atoms with Gasteiger partial charge in [0.2, 0.25) is 0 Å². The van der Waals surface area contributed by atoms with Crippen LogP contribution in [0.25, 0.3) is 0 Å². The zero-order valence-electron chi connectivity index (χ0n) is 12.7. The molecule has 0 aromatic rings. The SMILES string of the molecule is CCC(CS)(COCC(CC)(CS)CC(=O)O)CC(=O)O. The van der Waals surface area contributed by atoms with E-state index in [-0.39, 0.29) is 26.1 Å². The Labute approximate surface area is 137 Å². The second-order valence-corrected chi connectivity index (χ2v) is 6.29. The lowest BCUT2D eigenvalue weighted by molar-refractivity contribution is -0.141. The number of carboxylic acid groups (broad SMARTS) is 2. The Hall–Kier alpha value is -0.400. The molecule has 0 radical (unpaired) electrons. The molecule has 2 atom stereocenters. The molecule has 2 unspecified atom stereocenters. The predicted molar refractivity (Wildman–Crippen MR) is 88.5 cm³/mol. The molecule has 5 nitrogen and oxygen atoms in total. The van der Waals surface area contributed by atoms with Crippen LogP contribution in [0, 0.1) is 10.8 Å². The fraction of sp³-hybridized carbons (Fsp3) is 0.857. The van der Waals surface area contributed by atoms with E-state index in [2.05, 4.69) is 25.3 Å². The van der Waals surface area contributed by atoms with E-state index in [0.717, 1.165) is 0 Å². The second kappa shape index (κ2) is 9.58. The van der Waals surface area contributed by atoms with Gasteiger partial charge < -0.3 is 14.9 Å². The van der Waals surface area contributed by atoms with Gasteiger partial charge in [-0.05, 0) is 24.3 Å². The van der Waals surface area contributed by atoms with Crippen LogP contribution in [0.3, 0.4) is 0 Å². The van der Waals surface area contributed by atoms with E-state index in [0.29, 0.717) is 24.3 Å². The van der Waals surface area contributed by atoms with Gasteiger partial charge in [0, 0.05) is 10.8 Å². The van der Waals surface area contributed by atoms with Crippen molar-refractivity contribution in [1.29, 1.82) is 0 Å². The molecule has 0 saturated heterocycles. The lowest BCUT2D eigenvalue weighted by Gasteiger charge is -2.33. The summed E-state index contributed by atoms with van der Waals surface area (Å²) >= 11 is 8.50. The summed E-state index contributed by atoms with van der Waals surface area (Å²) in [5, 5.41) is 18.0. The van der Waals surface area contributed by atoms with Crippen LogP contribution >= 0.6 is 25.3 Å². The van der Waals surface area contributed by atoms with Gasteiger partial charge in [-0.1, -0.05) is 13.8 Å². The summed E-state index contributed by atoms with van der Waals surface area (Å²) in [6, 6.07) is 0. The van der Waals surface area contributed by atoms with Gasteiger partial charge in [0.25, 0.3) is 0 Å². The van der Waals surface area contributed by atoms with Crippen molar-refractivity contribution >= 4 is 37.2 Å². The van der Waals surface area contributed by atoms with Crippen molar-refractivity contribution in [2.45, 2.75) is 39.5 Å². The highest BCUT2D eigenvalue weighted by Crippen LogP contribution is 2.32. The molecule has 0 heterocycles. The van der Waals surface area contributed by atoms with Gasteiger partial charge in [-0.15, -0.1) is 0 Å². The quantitative estimate of drug-likeness (QED) is 0.411. The first-order chi connectivity index (χ1) is 9.78. The predicted octanol–water partition coefficient (Wildman–Crippen LogP) is 2.60. The number of aliphatic carboxylic acids is 2. The number of rotatable bonds is 12. The minimum Gasteiger partial charge on any atom is -0.481 e. The van der Waals surface area contributed by atoms with Crippen molar-refractivity contribution in [2.75, 3.05) is 24.7 Å². The standard InChI is InChI=1S/C14H26O5S2/c1-3-13(9-20,5-11(15)16)7-19-8-14(4-2,10-21)6-12(17)18/h20-21H,3-10H2,1-2H3,(H,15,16)(H,17,18). The molecule has 21 heavy (non-hydrogen) atoms. The molecule has 0 aliphatic heterocycles. The molecule has 0 amide bonds. The maximum atomic E-state index is 11.0. The summed E-state index contributed by atoms with van der Waals surface area (Å²) in [5.74, 6) is -0.935. The van der Waals surface area contributed by atoms with Crippen molar-refractivity contribution < 1.29 is 24.5 Å². The van der Waals surface area contributed by atoms with Gasteiger partial charge in [0.1, 0.15) is 0 Å². The Bertz CT molecular complexity index is 306. The van der Waals surface area contributed by atoms with E-state index in [1.165, 1.54) is 0 Å². The zero-order chi connectivity index (χ0) is 16.5. The van der Waals surface area contributed by atoms with Gasteiger partial charge >= 0.3 is 11.9 Å². The van der Waals surface area contributed by atoms with E-state index < -0.39 is 22.8 Å². The van der Waals surface area contributed by atoms with Crippen LogP contribution in [0.2, 0.25) is 0 Å². The Morgan fingerprint density at radius 2 is 1.24 bits per heavy atom. The van der Waals surface area contributed by atoms with Crippen LogP contribution in [0.5, 0.6) is 0 Å². The molecular weight excluding hydrogens is 312 g/mol. The molecule has 0 spiro atoms. The average Bonchev–Trinajstić information content (AvgIpc) is 2.44. The first-order valence-corrected chi connectivity index (χ1v) is 8.28. The van der Waals surface area contributed by atoms with Crippen molar-refractivity contribution in [1.82, 2.24) is 0 Å². The molecular formula is C14H26O5S2. The van der Waals surface area contributed by atoms with Gasteiger partial charge in [-0.25, -0.2) is 0 Å². The summed E-state index contributed by atoms with van der Waals surface area (Å²) < 4.78 is 5.71. The molecule has 0 bridgehead atoms. The maximum absolute atomic E-state index is 11.0. The van der Waals surface area contributed by atoms with Gasteiger partial charge in [-0.2, -0.15) is 25.3 Å². The summed E-state index contributed by atoms with van der Waals surface area (Å²) in [7, 11) is 0. The highest BCUT2D eigenvalue weighted by molar-refractivity contribution is 7.80. The van der Waals surface area contributed by atoms with E-state index in [9.17, 15) is 9.59 Å². The molecule has 0 saturated carbocycles. The molecule has 0 aliphatic carbocycles. The molecule has 0 aliphatic rings. The minimum atomic E-state index is -0.879. The summed E-state index contributed by atoms with van der Waals surface area (Å²) in [4.78, 5) is 21.9. The minimum absolute atomic E-state index is 0.00801. The first kappa shape index (κ1) is 20.6. The molecule has 2 N–H and O–H groups in total. The fourth-order valence-corrected chi connectivity index (χ4v) is 2.96. The fourth-order valence-electron chi connectivity index (χ4n) is 2.11. The van der Waals surface area contributed by atoms with Crippen molar-refractivity contribution in [3.05, 3.63) is 0 Å². The maximum Gasteiger partial charge on any atom is 0.304 e. The van der Waals surface area contributed by atoms with Gasteiger partial charge in [-0.3, -0.25) is 9.59 Å². The third-order valence-electron chi connectivity index (χ3n) is 4.04. The van der Waals surface area contributed by atoms with Crippen molar-refractivity contribution in [3.8, 4) is 0 Å². The van der Waals surface area contributed by atoms with E-state index in [4.69, 9.17) is 14.9 Å². The van der Waals surface area contributed by atoms with Crippen molar-refractivity contribution in [2.24, 2.45) is 10.8 Å². The third-order valence-corrected chi connectivity index (χ3v) is 5.38. The van der Waals surface area contributed by atoms with Crippen molar-refractivity contribution in [3.63, 3.8) is 0 Å². The van der Waals surface area contributed by atoms with Crippen LogP contribution in [0.4, 0.5) is 0 Å². The van der Waals surface area contributed by atoms with Crippen LogP contribution in [-0.2, 0) is 14.3 Å².